The number of hydrogen-bond donors (Lipinski definition) is 0. The molecule has 1 aliphatic heterocycles. The van der Waals surface area contributed by atoms with E-state index in [1.54, 1.807) is 29.2 Å². The second-order valence-corrected chi connectivity index (χ2v) is 7.16. The van der Waals surface area contributed by atoms with E-state index in [1.807, 2.05) is 27.0 Å². The van der Waals surface area contributed by atoms with Gasteiger partial charge >= 0.3 is 5.97 Å². The molecule has 0 bridgehead atoms. The molecule has 23 heavy (non-hydrogen) atoms. The molecule has 1 aromatic carbocycles. The Bertz CT molecular complexity index is 581. The van der Waals surface area contributed by atoms with Crippen LogP contribution in [0, 0.1) is 0 Å². The van der Waals surface area contributed by atoms with E-state index in [1.165, 1.54) is 0 Å². The third-order valence-electron chi connectivity index (χ3n) is 4.74. The number of ether oxygens (including phenoxy) is 1. The summed E-state index contributed by atoms with van der Waals surface area (Å²) in [7, 11) is 1.98. The number of rotatable bonds is 4. The lowest BCUT2D eigenvalue weighted by molar-refractivity contribution is -0.157. The maximum absolute atomic E-state index is 12.6. The largest absolute Gasteiger partial charge is 0.460 e. The average molecular weight is 318 g/mol. The van der Waals surface area contributed by atoms with Crippen LogP contribution in [0.4, 0.5) is 0 Å². The van der Waals surface area contributed by atoms with Crippen LogP contribution in [-0.2, 0) is 9.53 Å². The number of piperazine rings is 1. The molecule has 5 heteroatoms. The van der Waals surface area contributed by atoms with E-state index in [-0.39, 0.29) is 24.0 Å². The molecule has 2 rings (SSSR count). The minimum absolute atomic E-state index is 0.0649. The second kappa shape index (κ2) is 6.32. The van der Waals surface area contributed by atoms with Crippen LogP contribution in [0.1, 0.15) is 38.1 Å². The highest BCUT2D eigenvalue weighted by Gasteiger charge is 2.48. The van der Waals surface area contributed by atoms with Crippen molar-refractivity contribution in [3.63, 3.8) is 0 Å². The fourth-order valence-corrected chi connectivity index (χ4v) is 3.02. The number of nitrogens with zero attached hydrogens (tertiary/aromatic N) is 2. The van der Waals surface area contributed by atoms with Crippen molar-refractivity contribution < 1.29 is 14.3 Å². The maximum Gasteiger partial charge on any atom is 0.338 e. The van der Waals surface area contributed by atoms with Crippen LogP contribution in [0.3, 0.4) is 0 Å². The van der Waals surface area contributed by atoms with Crippen LogP contribution in [0.25, 0.3) is 0 Å². The van der Waals surface area contributed by atoms with Crippen LogP contribution < -0.4 is 0 Å². The smallest absolute Gasteiger partial charge is 0.338 e. The van der Waals surface area contributed by atoms with E-state index in [4.69, 9.17) is 4.74 Å². The topological polar surface area (TPSA) is 49.9 Å². The molecule has 0 atom stereocenters. The molecule has 1 heterocycles. The summed E-state index contributed by atoms with van der Waals surface area (Å²) >= 11 is 0. The van der Waals surface area contributed by atoms with Crippen LogP contribution >= 0.6 is 0 Å². The Balaban J connectivity index is 1.95. The first kappa shape index (κ1) is 17.5. The fourth-order valence-electron chi connectivity index (χ4n) is 3.02. The molecule has 0 saturated carbocycles. The first-order valence-corrected chi connectivity index (χ1v) is 7.92. The predicted molar refractivity (Wildman–Crippen MR) is 89.2 cm³/mol. The van der Waals surface area contributed by atoms with Crippen molar-refractivity contribution in [3.05, 3.63) is 35.9 Å². The molecule has 0 aliphatic carbocycles. The van der Waals surface area contributed by atoms with E-state index in [9.17, 15) is 9.59 Å². The standard InChI is InChI=1S/C18H26N2O3/c1-17(2)13-20(16(22)18(3,4)19(17)5)11-12-23-15(21)14-9-7-6-8-10-14/h6-10H,11-13H2,1-5H3. The Labute approximate surface area is 138 Å². The Morgan fingerprint density at radius 3 is 2.39 bits per heavy atom. The van der Waals surface area contributed by atoms with Gasteiger partial charge < -0.3 is 9.64 Å². The summed E-state index contributed by atoms with van der Waals surface area (Å²) in [5, 5.41) is 0. The molecule has 0 spiro atoms. The van der Waals surface area contributed by atoms with Gasteiger partial charge in [-0.05, 0) is 46.9 Å². The fraction of sp³-hybridized carbons (Fsp3) is 0.556. The van der Waals surface area contributed by atoms with Gasteiger partial charge in [-0.15, -0.1) is 0 Å². The van der Waals surface area contributed by atoms with Gasteiger partial charge in [0.1, 0.15) is 6.61 Å². The number of amides is 1. The second-order valence-electron chi connectivity index (χ2n) is 7.16. The van der Waals surface area contributed by atoms with Gasteiger partial charge in [-0.25, -0.2) is 4.79 Å². The first-order chi connectivity index (χ1) is 10.7. The van der Waals surface area contributed by atoms with E-state index in [0.717, 1.165) is 0 Å². The third kappa shape index (κ3) is 3.55. The van der Waals surface area contributed by atoms with Crippen molar-refractivity contribution in [2.45, 2.75) is 38.8 Å². The molecular weight excluding hydrogens is 292 g/mol. The van der Waals surface area contributed by atoms with Gasteiger partial charge in [-0.3, -0.25) is 9.69 Å². The SMILES string of the molecule is CN1C(C)(C)CN(CCOC(=O)c2ccccc2)C(=O)C1(C)C. The summed E-state index contributed by atoms with van der Waals surface area (Å²) in [4.78, 5) is 28.5. The number of esters is 1. The molecule has 0 radical (unpaired) electrons. The molecule has 126 valence electrons. The normalized spacial score (nSPS) is 20.4. The lowest BCUT2D eigenvalue weighted by Gasteiger charge is -2.53. The number of hydrogen-bond acceptors (Lipinski definition) is 4. The highest BCUT2D eigenvalue weighted by atomic mass is 16.5. The number of carbonyl (C=O) groups excluding carboxylic acids is 2. The minimum Gasteiger partial charge on any atom is -0.460 e. The summed E-state index contributed by atoms with van der Waals surface area (Å²) in [5.41, 5.74) is -0.163. The van der Waals surface area contributed by atoms with Gasteiger partial charge in [0, 0.05) is 12.1 Å². The van der Waals surface area contributed by atoms with Gasteiger partial charge in [-0.1, -0.05) is 18.2 Å². The molecule has 0 N–H and O–H groups in total. The molecule has 0 unspecified atom stereocenters. The van der Waals surface area contributed by atoms with Gasteiger partial charge in [0.15, 0.2) is 0 Å². The summed E-state index contributed by atoms with van der Waals surface area (Å²) < 4.78 is 5.30. The van der Waals surface area contributed by atoms with Crippen molar-refractivity contribution in [2.75, 3.05) is 26.7 Å². The summed E-state index contributed by atoms with van der Waals surface area (Å²) in [6, 6.07) is 8.88. The van der Waals surface area contributed by atoms with E-state index in [0.29, 0.717) is 18.7 Å². The zero-order valence-electron chi connectivity index (χ0n) is 14.6. The number of benzene rings is 1. The quantitative estimate of drug-likeness (QED) is 0.799. The summed E-state index contributed by atoms with van der Waals surface area (Å²) in [6.45, 7) is 9.33. The van der Waals surface area contributed by atoms with Gasteiger partial charge in [0.05, 0.1) is 17.6 Å². The van der Waals surface area contributed by atoms with Crippen molar-refractivity contribution in [1.29, 1.82) is 0 Å². The summed E-state index contributed by atoms with van der Waals surface area (Å²) in [5.74, 6) is -0.291. The van der Waals surface area contributed by atoms with E-state index < -0.39 is 5.54 Å². The minimum atomic E-state index is -0.564. The van der Waals surface area contributed by atoms with Crippen molar-refractivity contribution in [1.82, 2.24) is 9.80 Å². The molecule has 0 aromatic heterocycles. The Hall–Kier alpha value is -1.88. The Morgan fingerprint density at radius 2 is 1.78 bits per heavy atom. The van der Waals surface area contributed by atoms with Crippen LogP contribution in [0.5, 0.6) is 0 Å². The molecular formula is C18H26N2O3. The van der Waals surface area contributed by atoms with E-state index >= 15 is 0 Å². The monoisotopic (exact) mass is 318 g/mol. The van der Waals surface area contributed by atoms with Crippen molar-refractivity contribution in [2.24, 2.45) is 0 Å². The maximum atomic E-state index is 12.6. The molecule has 1 saturated heterocycles. The number of likely N-dealkylation sites (N-methyl/N-ethyl adjacent to an activating group) is 1. The van der Waals surface area contributed by atoms with Gasteiger partial charge in [0.25, 0.3) is 0 Å². The lowest BCUT2D eigenvalue weighted by Crippen LogP contribution is -2.70. The Morgan fingerprint density at radius 1 is 1.17 bits per heavy atom. The predicted octanol–water partition coefficient (Wildman–Crippen LogP) is 2.17. The highest BCUT2D eigenvalue weighted by molar-refractivity contribution is 5.89. The van der Waals surface area contributed by atoms with Crippen molar-refractivity contribution in [3.8, 4) is 0 Å². The molecule has 1 aliphatic rings. The lowest BCUT2D eigenvalue weighted by atomic mass is 9.88. The summed E-state index contributed by atoms with van der Waals surface area (Å²) in [6.07, 6.45) is 0. The molecule has 1 fully saturated rings. The molecule has 5 nitrogen and oxygen atoms in total. The number of carbonyl (C=O) groups is 2. The van der Waals surface area contributed by atoms with Gasteiger partial charge in [-0.2, -0.15) is 0 Å². The van der Waals surface area contributed by atoms with Crippen molar-refractivity contribution >= 4 is 11.9 Å². The molecule has 1 aromatic rings. The average Bonchev–Trinajstić information content (AvgIpc) is 2.51. The Kier molecular flexibility index (Phi) is 4.80. The van der Waals surface area contributed by atoms with Gasteiger partial charge in [0.2, 0.25) is 5.91 Å². The van der Waals surface area contributed by atoms with Crippen LogP contribution in [0.2, 0.25) is 0 Å². The highest BCUT2D eigenvalue weighted by Crippen LogP contribution is 2.31. The van der Waals surface area contributed by atoms with E-state index in [2.05, 4.69) is 18.7 Å². The first-order valence-electron chi connectivity index (χ1n) is 7.92. The zero-order valence-corrected chi connectivity index (χ0v) is 14.6. The zero-order chi connectivity index (χ0) is 17.3. The molecule has 1 amide bonds. The van der Waals surface area contributed by atoms with Crippen LogP contribution in [-0.4, -0.2) is 59.5 Å². The van der Waals surface area contributed by atoms with Crippen LogP contribution in [0.15, 0.2) is 30.3 Å². The third-order valence-corrected chi connectivity index (χ3v) is 4.74.